The second-order valence-electron chi connectivity index (χ2n) is 8.86. The molecule has 1 heterocycles. The molecular formula is C25H31N5O3S. The summed E-state index contributed by atoms with van der Waals surface area (Å²) < 4.78 is 29.7. The highest BCUT2D eigenvalue weighted by molar-refractivity contribution is 7.89. The number of benzene rings is 2. The standard InChI is InChI=1S/C25H31N5O3S/c1-19(20-12-14-23(15-13-20)30-18-26-17-27-30)28(2)25(31)21-8-7-11-24(16-21)34(32,33)29(3)22-9-5-4-6-10-22/h7-8,11-19,22H,4-6,9-10H2,1-3H3. The summed E-state index contributed by atoms with van der Waals surface area (Å²) in [6.07, 6.45) is 8.11. The summed E-state index contributed by atoms with van der Waals surface area (Å²) in [5.74, 6) is -0.231. The van der Waals surface area contributed by atoms with Crippen molar-refractivity contribution in [2.45, 2.75) is 56.0 Å². The van der Waals surface area contributed by atoms with Gasteiger partial charge in [-0.3, -0.25) is 4.79 Å². The molecule has 1 amide bonds. The number of nitrogens with zero attached hydrogens (tertiary/aromatic N) is 5. The Bertz CT molecular complexity index is 1220. The molecule has 4 rings (SSSR count). The molecular weight excluding hydrogens is 450 g/mol. The monoisotopic (exact) mass is 481 g/mol. The molecule has 1 atom stereocenters. The maximum Gasteiger partial charge on any atom is 0.254 e. The molecule has 1 aliphatic carbocycles. The molecule has 0 aliphatic heterocycles. The minimum absolute atomic E-state index is 0.0151. The van der Waals surface area contributed by atoms with Gasteiger partial charge in [0.2, 0.25) is 10.0 Å². The van der Waals surface area contributed by atoms with Gasteiger partial charge in [0, 0.05) is 25.7 Å². The van der Waals surface area contributed by atoms with Crippen molar-refractivity contribution < 1.29 is 13.2 Å². The first-order chi connectivity index (χ1) is 16.3. The minimum Gasteiger partial charge on any atom is -0.335 e. The fourth-order valence-corrected chi connectivity index (χ4v) is 5.91. The first-order valence-electron chi connectivity index (χ1n) is 11.6. The van der Waals surface area contributed by atoms with E-state index in [9.17, 15) is 13.2 Å². The van der Waals surface area contributed by atoms with E-state index >= 15 is 0 Å². The van der Waals surface area contributed by atoms with Crippen LogP contribution in [0.15, 0.2) is 66.1 Å². The lowest BCUT2D eigenvalue weighted by Crippen LogP contribution is -2.38. The van der Waals surface area contributed by atoms with E-state index in [1.165, 1.54) is 16.7 Å². The van der Waals surface area contributed by atoms with E-state index in [-0.39, 0.29) is 22.9 Å². The average molecular weight is 482 g/mol. The molecule has 180 valence electrons. The van der Waals surface area contributed by atoms with Crippen LogP contribution < -0.4 is 0 Å². The van der Waals surface area contributed by atoms with Crippen molar-refractivity contribution >= 4 is 15.9 Å². The highest BCUT2D eigenvalue weighted by atomic mass is 32.2. The summed E-state index contributed by atoms with van der Waals surface area (Å²) in [5, 5.41) is 4.12. The first kappa shape index (κ1) is 24.1. The number of amides is 1. The second-order valence-corrected chi connectivity index (χ2v) is 10.9. The third-order valence-electron chi connectivity index (χ3n) is 6.81. The summed E-state index contributed by atoms with van der Waals surface area (Å²) in [6.45, 7) is 1.94. The lowest BCUT2D eigenvalue weighted by Gasteiger charge is -2.30. The Kier molecular flexibility index (Phi) is 7.13. The van der Waals surface area contributed by atoms with E-state index in [0.29, 0.717) is 5.56 Å². The van der Waals surface area contributed by atoms with E-state index in [2.05, 4.69) is 10.1 Å². The largest absolute Gasteiger partial charge is 0.335 e. The Morgan fingerprint density at radius 1 is 1.06 bits per heavy atom. The van der Waals surface area contributed by atoms with Crippen LogP contribution in [0.4, 0.5) is 0 Å². The van der Waals surface area contributed by atoms with E-state index in [0.717, 1.165) is 43.4 Å². The summed E-state index contributed by atoms with van der Waals surface area (Å²) >= 11 is 0. The van der Waals surface area contributed by atoms with Gasteiger partial charge < -0.3 is 4.90 Å². The number of rotatable bonds is 7. The highest BCUT2D eigenvalue weighted by Crippen LogP contribution is 2.28. The Balaban J connectivity index is 1.50. The number of aromatic nitrogens is 3. The van der Waals surface area contributed by atoms with E-state index in [1.54, 1.807) is 48.2 Å². The quantitative estimate of drug-likeness (QED) is 0.508. The summed E-state index contributed by atoms with van der Waals surface area (Å²) in [4.78, 5) is 19.0. The van der Waals surface area contributed by atoms with Gasteiger partial charge in [-0.15, -0.1) is 0 Å². The van der Waals surface area contributed by atoms with Gasteiger partial charge in [0.05, 0.1) is 16.6 Å². The lowest BCUT2D eigenvalue weighted by atomic mass is 9.96. The van der Waals surface area contributed by atoms with E-state index in [1.807, 2.05) is 31.2 Å². The van der Waals surface area contributed by atoms with Crippen LogP contribution in [-0.4, -0.2) is 58.4 Å². The van der Waals surface area contributed by atoms with Crippen LogP contribution in [-0.2, 0) is 10.0 Å². The predicted octanol–water partition coefficient (Wildman–Crippen LogP) is 4.05. The molecule has 0 N–H and O–H groups in total. The fourth-order valence-electron chi connectivity index (χ4n) is 4.45. The van der Waals surface area contributed by atoms with Crippen LogP contribution in [0.1, 0.15) is 61.0 Å². The van der Waals surface area contributed by atoms with Gasteiger partial charge in [-0.2, -0.15) is 9.40 Å². The smallest absolute Gasteiger partial charge is 0.254 e. The predicted molar refractivity (Wildman–Crippen MR) is 130 cm³/mol. The van der Waals surface area contributed by atoms with Gasteiger partial charge in [0.1, 0.15) is 12.7 Å². The van der Waals surface area contributed by atoms with Crippen molar-refractivity contribution in [1.82, 2.24) is 24.0 Å². The van der Waals surface area contributed by atoms with Crippen molar-refractivity contribution in [1.29, 1.82) is 0 Å². The molecule has 0 radical (unpaired) electrons. The van der Waals surface area contributed by atoms with Crippen LogP contribution in [0, 0.1) is 0 Å². The number of hydrogen-bond acceptors (Lipinski definition) is 5. The lowest BCUT2D eigenvalue weighted by molar-refractivity contribution is 0.0742. The molecule has 1 saturated carbocycles. The van der Waals surface area contributed by atoms with Crippen LogP contribution in [0.25, 0.3) is 5.69 Å². The third kappa shape index (κ3) is 4.90. The topological polar surface area (TPSA) is 88.4 Å². The maximum absolute atomic E-state index is 13.3. The van der Waals surface area contributed by atoms with Gasteiger partial charge in [-0.25, -0.2) is 18.1 Å². The minimum atomic E-state index is -3.67. The number of carbonyl (C=O) groups is 1. The molecule has 1 fully saturated rings. The number of hydrogen-bond donors (Lipinski definition) is 0. The van der Waals surface area contributed by atoms with E-state index in [4.69, 9.17) is 0 Å². The van der Waals surface area contributed by atoms with Crippen molar-refractivity contribution in [2.24, 2.45) is 0 Å². The molecule has 0 spiro atoms. The zero-order valence-electron chi connectivity index (χ0n) is 19.8. The number of carbonyl (C=O) groups excluding carboxylic acids is 1. The Morgan fingerprint density at radius 3 is 2.41 bits per heavy atom. The molecule has 3 aromatic rings. The normalized spacial score (nSPS) is 15.9. The highest BCUT2D eigenvalue weighted by Gasteiger charge is 2.30. The van der Waals surface area contributed by atoms with Crippen LogP contribution in [0.2, 0.25) is 0 Å². The van der Waals surface area contributed by atoms with Crippen LogP contribution in [0.5, 0.6) is 0 Å². The molecule has 1 aromatic heterocycles. The van der Waals surface area contributed by atoms with E-state index < -0.39 is 10.0 Å². The van der Waals surface area contributed by atoms with Gasteiger partial charge >= 0.3 is 0 Å². The molecule has 0 saturated heterocycles. The Labute approximate surface area is 201 Å². The number of sulfonamides is 1. The first-order valence-corrected chi connectivity index (χ1v) is 13.0. The molecule has 0 bridgehead atoms. The molecule has 2 aromatic carbocycles. The van der Waals surface area contributed by atoms with Gasteiger partial charge in [0.15, 0.2) is 0 Å². The zero-order valence-corrected chi connectivity index (χ0v) is 20.6. The Hall–Kier alpha value is -3.04. The summed E-state index contributed by atoms with van der Waals surface area (Å²) in [6, 6.07) is 13.9. The SMILES string of the molecule is CC(c1ccc(-n2cncn2)cc1)N(C)C(=O)c1cccc(S(=O)(=O)N(C)C2CCCCC2)c1. The van der Waals surface area contributed by atoms with Gasteiger partial charge in [-0.1, -0.05) is 37.5 Å². The van der Waals surface area contributed by atoms with Crippen molar-refractivity contribution in [3.8, 4) is 5.69 Å². The molecule has 1 unspecified atom stereocenters. The summed E-state index contributed by atoms with van der Waals surface area (Å²) in [5.41, 5.74) is 2.19. The maximum atomic E-state index is 13.3. The average Bonchev–Trinajstić information content (AvgIpc) is 3.43. The third-order valence-corrected chi connectivity index (χ3v) is 8.71. The van der Waals surface area contributed by atoms with Crippen molar-refractivity contribution in [3.05, 3.63) is 72.3 Å². The molecule has 8 nitrogen and oxygen atoms in total. The van der Waals surface area contributed by atoms with Crippen LogP contribution >= 0.6 is 0 Å². The Morgan fingerprint density at radius 2 is 1.76 bits per heavy atom. The molecule has 9 heteroatoms. The van der Waals surface area contributed by atoms with Gasteiger partial charge in [0.25, 0.3) is 5.91 Å². The molecule has 1 aliphatic rings. The van der Waals surface area contributed by atoms with Crippen molar-refractivity contribution in [3.63, 3.8) is 0 Å². The second kappa shape index (κ2) is 10.1. The van der Waals surface area contributed by atoms with Crippen LogP contribution in [0.3, 0.4) is 0 Å². The summed E-state index contributed by atoms with van der Waals surface area (Å²) in [7, 11) is -0.290. The van der Waals surface area contributed by atoms with Crippen molar-refractivity contribution in [2.75, 3.05) is 14.1 Å². The fraction of sp³-hybridized carbons (Fsp3) is 0.400. The molecule has 34 heavy (non-hydrogen) atoms. The zero-order chi connectivity index (χ0) is 24.3. The van der Waals surface area contributed by atoms with Gasteiger partial charge in [-0.05, 0) is 55.7 Å².